The highest BCUT2D eigenvalue weighted by atomic mass is 32.2. The highest BCUT2D eigenvalue weighted by molar-refractivity contribution is 7.89. The average Bonchev–Trinajstić information content (AvgIpc) is 2.52. The van der Waals surface area contributed by atoms with E-state index in [1.54, 1.807) is 17.0 Å². The van der Waals surface area contributed by atoms with Gasteiger partial charge in [0.05, 0.1) is 12.3 Å². The lowest BCUT2D eigenvalue weighted by Crippen LogP contribution is -2.32. The Morgan fingerprint density at radius 3 is 2.73 bits per heavy atom. The fourth-order valence-corrected chi connectivity index (χ4v) is 2.07. The molecule has 0 saturated heterocycles. The van der Waals surface area contributed by atoms with Gasteiger partial charge in [0.1, 0.15) is 5.82 Å². The monoisotopic (exact) mass is 232 g/mol. The Morgan fingerprint density at radius 2 is 2.27 bits per heavy atom. The SMILES string of the molecule is CN(Cc1nccn1C)S(=O)(=O)CCN. The molecule has 15 heavy (non-hydrogen) atoms. The maximum Gasteiger partial charge on any atom is 0.215 e. The van der Waals surface area contributed by atoms with Gasteiger partial charge in [-0.3, -0.25) is 0 Å². The van der Waals surface area contributed by atoms with E-state index in [2.05, 4.69) is 4.98 Å². The van der Waals surface area contributed by atoms with Crippen LogP contribution in [0.5, 0.6) is 0 Å². The number of imidazole rings is 1. The van der Waals surface area contributed by atoms with Crippen molar-refractivity contribution in [1.29, 1.82) is 0 Å². The van der Waals surface area contributed by atoms with Crippen LogP contribution in [0.25, 0.3) is 0 Å². The zero-order valence-corrected chi connectivity index (χ0v) is 9.74. The second-order valence-electron chi connectivity index (χ2n) is 3.32. The van der Waals surface area contributed by atoms with Crippen molar-refractivity contribution in [2.75, 3.05) is 19.3 Å². The Kier molecular flexibility index (Phi) is 3.83. The molecule has 2 N–H and O–H groups in total. The number of nitrogens with zero attached hydrogens (tertiary/aromatic N) is 3. The fraction of sp³-hybridized carbons (Fsp3) is 0.625. The molecular weight excluding hydrogens is 216 g/mol. The summed E-state index contributed by atoms with van der Waals surface area (Å²) in [6.07, 6.45) is 3.41. The second kappa shape index (κ2) is 4.73. The van der Waals surface area contributed by atoms with Crippen LogP contribution in [0, 0.1) is 0 Å². The Bertz CT molecular complexity index is 412. The van der Waals surface area contributed by atoms with E-state index in [4.69, 9.17) is 5.73 Å². The smallest absolute Gasteiger partial charge is 0.215 e. The summed E-state index contributed by atoms with van der Waals surface area (Å²) in [5.74, 6) is 0.673. The minimum atomic E-state index is -3.25. The molecule has 7 heteroatoms. The van der Waals surface area contributed by atoms with Crippen molar-refractivity contribution < 1.29 is 8.42 Å². The minimum absolute atomic E-state index is 0.0338. The van der Waals surface area contributed by atoms with Crippen molar-refractivity contribution in [3.05, 3.63) is 18.2 Å². The summed E-state index contributed by atoms with van der Waals surface area (Å²) in [5, 5.41) is 0. The molecule has 6 nitrogen and oxygen atoms in total. The number of rotatable bonds is 5. The molecule has 0 aliphatic carbocycles. The van der Waals surface area contributed by atoms with Crippen molar-refractivity contribution in [2.45, 2.75) is 6.54 Å². The number of aromatic nitrogens is 2. The van der Waals surface area contributed by atoms with Crippen molar-refractivity contribution in [2.24, 2.45) is 12.8 Å². The van der Waals surface area contributed by atoms with Crippen LogP contribution >= 0.6 is 0 Å². The largest absolute Gasteiger partial charge is 0.337 e. The van der Waals surface area contributed by atoms with Gasteiger partial charge in [-0.25, -0.2) is 13.4 Å². The molecule has 0 aliphatic heterocycles. The molecule has 0 fully saturated rings. The summed E-state index contributed by atoms with van der Waals surface area (Å²) >= 11 is 0. The van der Waals surface area contributed by atoms with Gasteiger partial charge >= 0.3 is 0 Å². The Balaban J connectivity index is 2.72. The number of sulfonamides is 1. The topological polar surface area (TPSA) is 81.2 Å². The van der Waals surface area contributed by atoms with Crippen LogP contribution in [0.4, 0.5) is 0 Å². The first-order valence-corrected chi connectivity index (χ1v) is 6.18. The Labute approximate surface area is 89.8 Å². The highest BCUT2D eigenvalue weighted by Crippen LogP contribution is 2.04. The van der Waals surface area contributed by atoms with Gasteiger partial charge in [0, 0.05) is 33.0 Å². The molecule has 0 aromatic carbocycles. The summed E-state index contributed by atoms with van der Waals surface area (Å²) in [6, 6.07) is 0. The Morgan fingerprint density at radius 1 is 1.60 bits per heavy atom. The molecule has 0 saturated carbocycles. The molecule has 0 bridgehead atoms. The summed E-state index contributed by atoms with van der Waals surface area (Å²) in [4.78, 5) is 4.05. The van der Waals surface area contributed by atoms with Gasteiger partial charge in [0.15, 0.2) is 0 Å². The third-order valence-corrected chi connectivity index (χ3v) is 3.97. The van der Waals surface area contributed by atoms with Gasteiger partial charge in [0.2, 0.25) is 10.0 Å². The molecule has 1 heterocycles. The van der Waals surface area contributed by atoms with E-state index < -0.39 is 10.0 Å². The number of hydrogen-bond acceptors (Lipinski definition) is 4. The zero-order valence-electron chi connectivity index (χ0n) is 8.92. The molecule has 0 radical (unpaired) electrons. The normalized spacial score (nSPS) is 12.3. The maximum absolute atomic E-state index is 11.6. The highest BCUT2D eigenvalue weighted by Gasteiger charge is 2.18. The third kappa shape index (κ3) is 3.01. The van der Waals surface area contributed by atoms with Crippen molar-refractivity contribution >= 4 is 10.0 Å². The quantitative estimate of drug-likeness (QED) is 0.716. The summed E-state index contributed by atoms with van der Waals surface area (Å²) < 4.78 is 26.2. The van der Waals surface area contributed by atoms with Crippen LogP contribution in [0.3, 0.4) is 0 Å². The lowest BCUT2D eigenvalue weighted by molar-refractivity contribution is 0.451. The maximum atomic E-state index is 11.6. The second-order valence-corrected chi connectivity index (χ2v) is 5.51. The van der Waals surface area contributed by atoms with Crippen LogP contribution in [-0.2, 0) is 23.6 Å². The van der Waals surface area contributed by atoms with Gasteiger partial charge < -0.3 is 10.3 Å². The molecule has 0 aliphatic rings. The molecule has 0 spiro atoms. The summed E-state index contributed by atoms with van der Waals surface area (Å²) in [5.41, 5.74) is 5.23. The predicted molar refractivity (Wildman–Crippen MR) is 57.5 cm³/mol. The van der Waals surface area contributed by atoms with Gasteiger partial charge in [0.25, 0.3) is 0 Å². The molecule has 1 rings (SSSR count). The first-order valence-electron chi connectivity index (χ1n) is 4.57. The van der Waals surface area contributed by atoms with Gasteiger partial charge in [-0.05, 0) is 0 Å². The summed E-state index contributed by atoms with van der Waals surface area (Å²) in [7, 11) is 0.104. The first-order chi connectivity index (χ1) is 6.97. The Hall–Kier alpha value is -0.920. The van der Waals surface area contributed by atoms with Crippen molar-refractivity contribution in [3.8, 4) is 0 Å². The van der Waals surface area contributed by atoms with Crippen molar-refractivity contribution in [3.63, 3.8) is 0 Å². The van der Waals surface area contributed by atoms with E-state index in [1.807, 2.05) is 7.05 Å². The average molecular weight is 232 g/mol. The van der Waals surface area contributed by atoms with Crippen LogP contribution in [0.1, 0.15) is 5.82 Å². The first kappa shape index (κ1) is 12.2. The van der Waals surface area contributed by atoms with E-state index in [9.17, 15) is 8.42 Å². The number of hydrogen-bond donors (Lipinski definition) is 1. The predicted octanol–water partition coefficient (Wildman–Crippen LogP) is -0.860. The van der Waals surface area contributed by atoms with E-state index in [0.717, 1.165) is 0 Å². The standard InChI is InChI=1S/C8H16N4O2S/c1-11-5-4-10-8(11)7-12(2)15(13,14)6-3-9/h4-5H,3,6-7,9H2,1-2H3. The zero-order chi connectivity index (χ0) is 11.5. The van der Waals surface area contributed by atoms with Crippen LogP contribution in [0.2, 0.25) is 0 Å². The van der Waals surface area contributed by atoms with Crippen LogP contribution < -0.4 is 5.73 Å². The number of aryl methyl sites for hydroxylation is 1. The van der Waals surface area contributed by atoms with E-state index >= 15 is 0 Å². The van der Waals surface area contributed by atoms with Crippen LogP contribution in [-0.4, -0.2) is 41.6 Å². The van der Waals surface area contributed by atoms with Crippen LogP contribution in [0.15, 0.2) is 12.4 Å². The molecule has 0 amide bonds. The van der Waals surface area contributed by atoms with Crippen molar-refractivity contribution in [1.82, 2.24) is 13.9 Å². The fourth-order valence-electron chi connectivity index (χ4n) is 1.15. The molecule has 0 atom stereocenters. The van der Waals surface area contributed by atoms with Gasteiger partial charge in [-0.1, -0.05) is 0 Å². The molecule has 1 aromatic heterocycles. The molecule has 86 valence electrons. The third-order valence-electron chi connectivity index (χ3n) is 2.14. The minimum Gasteiger partial charge on any atom is -0.337 e. The molecule has 1 aromatic rings. The lowest BCUT2D eigenvalue weighted by Gasteiger charge is -2.16. The van der Waals surface area contributed by atoms with E-state index in [1.165, 1.54) is 11.4 Å². The molecular formula is C8H16N4O2S. The van der Waals surface area contributed by atoms with Gasteiger partial charge in [-0.2, -0.15) is 4.31 Å². The lowest BCUT2D eigenvalue weighted by atomic mass is 10.6. The van der Waals surface area contributed by atoms with E-state index in [0.29, 0.717) is 5.82 Å². The summed E-state index contributed by atoms with van der Waals surface area (Å²) in [6.45, 7) is 0.402. The molecule has 0 unspecified atom stereocenters. The van der Waals surface area contributed by atoms with E-state index in [-0.39, 0.29) is 18.8 Å². The number of nitrogens with two attached hydrogens (primary N) is 1. The van der Waals surface area contributed by atoms with Gasteiger partial charge in [-0.15, -0.1) is 0 Å².